The van der Waals surface area contributed by atoms with Crippen LogP contribution in [0.5, 0.6) is 0 Å². The first kappa shape index (κ1) is 12.9. The Hall–Kier alpha value is -2.80. The topological polar surface area (TPSA) is 4.93 Å². The molecule has 0 amide bonds. The molecule has 1 heteroatoms. The molecule has 4 aromatic rings. The molecule has 0 aliphatic carbocycles. The van der Waals surface area contributed by atoms with E-state index >= 15 is 0 Å². The molecule has 0 radical (unpaired) electrons. The fourth-order valence-corrected chi connectivity index (χ4v) is 3.38. The summed E-state index contributed by atoms with van der Waals surface area (Å²) in [5.74, 6) is 0. The van der Waals surface area contributed by atoms with Gasteiger partial charge in [0.15, 0.2) is 0 Å². The average Bonchev–Trinajstić information content (AvgIpc) is 2.81. The third kappa shape index (κ3) is 1.66. The third-order valence-electron chi connectivity index (χ3n) is 4.51. The Bertz CT molecular complexity index is 1060. The lowest BCUT2D eigenvalue weighted by Crippen LogP contribution is -1.90. The predicted octanol–water partition coefficient (Wildman–Crippen LogP) is 5.77. The van der Waals surface area contributed by atoms with Gasteiger partial charge in [-0.1, -0.05) is 43.5 Å². The Balaban J connectivity index is 2.20. The molecule has 0 N–H and O–H groups in total. The summed E-state index contributed by atoms with van der Waals surface area (Å²) in [6, 6.07) is 17.5. The molecule has 0 bridgehead atoms. The number of aryl methyl sites for hydroxylation is 1. The van der Waals surface area contributed by atoms with E-state index in [-0.39, 0.29) is 0 Å². The van der Waals surface area contributed by atoms with E-state index in [4.69, 9.17) is 0 Å². The number of aromatic nitrogens is 1. The molecule has 0 unspecified atom stereocenters. The Morgan fingerprint density at radius 2 is 1.45 bits per heavy atom. The van der Waals surface area contributed by atoms with Crippen LogP contribution < -0.4 is 0 Å². The summed E-state index contributed by atoms with van der Waals surface area (Å²) in [5, 5.41) is 6.30. The van der Waals surface area contributed by atoms with Gasteiger partial charge in [0.05, 0.1) is 0 Å². The van der Waals surface area contributed by atoms with Crippen molar-refractivity contribution in [2.45, 2.75) is 0 Å². The van der Waals surface area contributed by atoms with E-state index in [1.165, 1.54) is 32.4 Å². The Labute approximate surface area is 129 Å². The highest BCUT2D eigenvalue weighted by atomic mass is 14.9. The summed E-state index contributed by atoms with van der Waals surface area (Å²) in [7, 11) is 2.08. The van der Waals surface area contributed by atoms with Gasteiger partial charge in [0.1, 0.15) is 0 Å². The van der Waals surface area contributed by atoms with E-state index in [1.54, 1.807) is 0 Å². The summed E-state index contributed by atoms with van der Waals surface area (Å²) >= 11 is 0. The number of rotatable bonds is 2. The minimum atomic E-state index is 1.12. The smallest absolute Gasteiger partial charge is 0.0495 e. The zero-order valence-electron chi connectivity index (χ0n) is 12.6. The molecule has 0 aliphatic heterocycles. The highest BCUT2D eigenvalue weighted by Crippen LogP contribution is 2.32. The van der Waals surface area contributed by atoms with Gasteiger partial charge in [-0.15, -0.1) is 0 Å². The van der Waals surface area contributed by atoms with Crippen LogP contribution in [0.15, 0.2) is 61.7 Å². The highest BCUT2D eigenvalue weighted by molar-refractivity contribution is 6.07. The van der Waals surface area contributed by atoms with Crippen LogP contribution in [0.2, 0.25) is 0 Å². The number of nitrogens with zero attached hydrogens (tertiary/aromatic N) is 1. The molecule has 0 saturated heterocycles. The summed E-state index contributed by atoms with van der Waals surface area (Å²) in [6.45, 7) is 7.91. The zero-order valence-corrected chi connectivity index (χ0v) is 12.6. The van der Waals surface area contributed by atoms with E-state index < -0.39 is 0 Å². The largest absolute Gasteiger partial charge is 0.344 e. The Kier molecular flexibility index (Phi) is 2.70. The minimum Gasteiger partial charge on any atom is -0.344 e. The maximum atomic E-state index is 3.97. The van der Waals surface area contributed by atoms with Crippen molar-refractivity contribution in [2.24, 2.45) is 7.05 Å². The molecule has 1 nitrogen and oxygen atoms in total. The first-order valence-corrected chi connectivity index (χ1v) is 7.43. The highest BCUT2D eigenvalue weighted by Gasteiger charge is 2.11. The first-order chi connectivity index (χ1) is 10.7. The van der Waals surface area contributed by atoms with Crippen LogP contribution in [-0.2, 0) is 7.05 Å². The third-order valence-corrected chi connectivity index (χ3v) is 4.51. The Morgan fingerprint density at radius 1 is 0.818 bits per heavy atom. The predicted molar refractivity (Wildman–Crippen MR) is 98.1 cm³/mol. The molecule has 1 aromatic heterocycles. The first-order valence-electron chi connectivity index (χ1n) is 7.43. The second kappa shape index (κ2) is 4.60. The van der Waals surface area contributed by atoms with Gasteiger partial charge in [0.25, 0.3) is 0 Å². The van der Waals surface area contributed by atoms with Crippen molar-refractivity contribution >= 4 is 44.6 Å². The number of hydrogen-bond acceptors (Lipinski definition) is 0. The molecule has 1 heterocycles. The number of benzene rings is 3. The van der Waals surface area contributed by atoms with Crippen LogP contribution in [0.4, 0.5) is 0 Å². The van der Waals surface area contributed by atoms with Gasteiger partial charge in [0.2, 0.25) is 0 Å². The second-order valence-corrected chi connectivity index (χ2v) is 5.68. The van der Waals surface area contributed by atoms with Crippen molar-refractivity contribution in [3.05, 3.63) is 72.9 Å². The normalized spacial score (nSPS) is 11.3. The standard InChI is InChI=1S/C21H17N/c1-4-18-19-12-16-10-14-8-6-7-9-15(14)11-17(16)13-21(19)22(3)20(18)5-2/h4-13H,1-2H2,3H3. The maximum Gasteiger partial charge on any atom is 0.0495 e. The quantitative estimate of drug-likeness (QED) is 0.411. The molecule has 0 spiro atoms. The maximum absolute atomic E-state index is 3.97. The van der Waals surface area contributed by atoms with Crippen molar-refractivity contribution in [1.82, 2.24) is 4.57 Å². The van der Waals surface area contributed by atoms with Crippen molar-refractivity contribution in [3.63, 3.8) is 0 Å². The molecule has 0 saturated carbocycles. The molecule has 22 heavy (non-hydrogen) atoms. The van der Waals surface area contributed by atoms with E-state index in [2.05, 4.69) is 73.3 Å². The van der Waals surface area contributed by atoms with E-state index in [0.717, 1.165) is 11.3 Å². The molecule has 4 rings (SSSR count). The fourth-order valence-electron chi connectivity index (χ4n) is 3.38. The molecule has 0 atom stereocenters. The van der Waals surface area contributed by atoms with Gasteiger partial charge in [-0.3, -0.25) is 0 Å². The summed E-state index contributed by atoms with van der Waals surface area (Å²) < 4.78 is 2.19. The van der Waals surface area contributed by atoms with Gasteiger partial charge in [-0.2, -0.15) is 0 Å². The monoisotopic (exact) mass is 283 g/mol. The minimum absolute atomic E-state index is 1.12. The summed E-state index contributed by atoms with van der Waals surface area (Å²) in [6.07, 6.45) is 3.82. The van der Waals surface area contributed by atoms with Crippen LogP contribution in [-0.4, -0.2) is 4.57 Å². The number of hydrogen-bond donors (Lipinski definition) is 0. The van der Waals surface area contributed by atoms with Gasteiger partial charge >= 0.3 is 0 Å². The van der Waals surface area contributed by atoms with E-state index in [0.29, 0.717) is 0 Å². The summed E-state index contributed by atoms with van der Waals surface area (Å²) in [4.78, 5) is 0. The van der Waals surface area contributed by atoms with Gasteiger partial charge in [0, 0.05) is 29.2 Å². The molecular weight excluding hydrogens is 266 g/mol. The average molecular weight is 283 g/mol. The molecule has 3 aromatic carbocycles. The van der Waals surface area contributed by atoms with Gasteiger partial charge in [-0.25, -0.2) is 0 Å². The molecule has 0 fully saturated rings. The van der Waals surface area contributed by atoms with E-state index in [1.807, 2.05) is 12.2 Å². The molecule has 106 valence electrons. The lowest BCUT2D eigenvalue weighted by atomic mass is 10.0. The fraction of sp³-hybridized carbons (Fsp3) is 0.0476. The summed E-state index contributed by atoms with van der Waals surface area (Å²) in [5.41, 5.74) is 3.49. The van der Waals surface area contributed by atoms with Gasteiger partial charge < -0.3 is 4.57 Å². The van der Waals surface area contributed by atoms with Crippen molar-refractivity contribution in [3.8, 4) is 0 Å². The Morgan fingerprint density at radius 3 is 2.05 bits per heavy atom. The molecular formula is C21H17N. The lowest BCUT2D eigenvalue weighted by Gasteiger charge is -2.04. The molecule has 0 aliphatic rings. The van der Waals surface area contributed by atoms with Crippen LogP contribution in [0.1, 0.15) is 11.3 Å². The van der Waals surface area contributed by atoms with Crippen LogP contribution in [0.3, 0.4) is 0 Å². The van der Waals surface area contributed by atoms with Crippen LogP contribution in [0.25, 0.3) is 44.6 Å². The zero-order chi connectivity index (χ0) is 15.3. The number of fused-ring (bicyclic) bond motifs is 3. The van der Waals surface area contributed by atoms with Crippen molar-refractivity contribution < 1.29 is 0 Å². The van der Waals surface area contributed by atoms with Gasteiger partial charge in [-0.05, 0) is 51.9 Å². The lowest BCUT2D eigenvalue weighted by molar-refractivity contribution is 0.954. The van der Waals surface area contributed by atoms with E-state index in [9.17, 15) is 0 Å². The van der Waals surface area contributed by atoms with Crippen molar-refractivity contribution in [2.75, 3.05) is 0 Å². The van der Waals surface area contributed by atoms with Crippen LogP contribution >= 0.6 is 0 Å². The SMILES string of the molecule is C=Cc1c(C=C)n(C)c2cc3cc4ccccc4cc3cc12. The van der Waals surface area contributed by atoms with Crippen LogP contribution in [0, 0.1) is 0 Å². The van der Waals surface area contributed by atoms with Crippen molar-refractivity contribution in [1.29, 1.82) is 0 Å². The second-order valence-electron chi connectivity index (χ2n) is 5.68.